The van der Waals surface area contributed by atoms with Crippen molar-refractivity contribution in [2.75, 3.05) is 13.2 Å². The average molecular weight is 709 g/mol. The van der Waals surface area contributed by atoms with Crippen LogP contribution in [-0.4, -0.2) is 25.2 Å². The minimum absolute atomic E-state index is 0.0222. The second-order valence-electron chi connectivity index (χ2n) is 15.3. The molecule has 0 spiro atoms. The normalized spacial score (nSPS) is 11.0. The third kappa shape index (κ3) is 51.3. The van der Waals surface area contributed by atoms with E-state index in [0.717, 1.165) is 19.3 Å². The van der Waals surface area contributed by atoms with E-state index in [1.54, 1.807) is 0 Å². The molecule has 50 heavy (non-hydrogen) atoms. The molecule has 0 saturated heterocycles. The van der Waals surface area contributed by atoms with E-state index >= 15 is 0 Å². The third-order valence-electron chi connectivity index (χ3n) is 10.0. The van der Waals surface area contributed by atoms with Gasteiger partial charge in [-0.25, -0.2) is 0 Å². The molecule has 0 saturated carbocycles. The van der Waals surface area contributed by atoms with Crippen LogP contribution in [0.1, 0.15) is 272 Å². The van der Waals surface area contributed by atoms with Gasteiger partial charge >= 0.3 is 11.9 Å². The predicted octanol–water partition coefficient (Wildman–Crippen LogP) is 16.0. The summed E-state index contributed by atoms with van der Waals surface area (Å²) in [5.74, 6) is -0.131. The number of unbranched alkanes of at least 4 members (excludes halogenated alkanes) is 34. The van der Waals surface area contributed by atoms with Crippen LogP contribution in [0.2, 0.25) is 0 Å². The lowest BCUT2D eigenvalue weighted by Crippen LogP contribution is -2.05. The van der Waals surface area contributed by atoms with E-state index in [9.17, 15) is 9.59 Å². The monoisotopic (exact) mass is 709 g/mol. The molecule has 0 unspecified atom stereocenters. The van der Waals surface area contributed by atoms with E-state index < -0.39 is 0 Å². The van der Waals surface area contributed by atoms with Crippen molar-refractivity contribution >= 4 is 11.9 Å². The maximum Gasteiger partial charge on any atom is 0.305 e. The molecule has 0 N–H and O–H groups in total. The lowest BCUT2D eigenvalue weighted by atomic mass is 10.0. The second kappa shape index (κ2) is 47.9. The Labute approximate surface area is 315 Å². The molecule has 300 valence electrons. The van der Waals surface area contributed by atoms with Crippen LogP contribution >= 0.6 is 0 Å². The Balaban J connectivity index is 0. The van der Waals surface area contributed by atoms with Crippen LogP contribution < -0.4 is 0 Å². The molecule has 0 heterocycles. The highest BCUT2D eigenvalue weighted by molar-refractivity contribution is 5.69. The SMILES string of the molecule is CCCCCCCCCCCCCCCCOC(C)=O.CCCCCCCCCCCCCCOC(=O)CCCCCCCCCCCCC. The number of rotatable bonds is 40. The molecule has 4 heteroatoms. The highest BCUT2D eigenvalue weighted by Gasteiger charge is 2.03. The molecular weight excluding hydrogens is 617 g/mol. The van der Waals surface area contributed by atoms with Crippen molar-refractivity contribution in [3.63, 3.8) is 0 Å². The predicted molar refractivity (Wildman–Crippen MR) is 220 cm³/mol. The van der Waals surface area contributed by atoms with Gasteiger partial charge in [-0.1, -0.05) is 239 Å². The number of carbonyl (C=O) groups excluding carboxylic acids is 2. The summed E-state index contributed by atoms with van der Waals surface area (Å²) in [7, 11) is 0. The summed E-state index contributed by atoms with van der Waals surface area (Å²) in [5, 5.41) is 0. The molecule has 0 aliphatic rings. The van der Waals surface area contributed by atoms with Gasteiger partial charge in [0.15, 0.2) is 0 Å². The zero-order valence-electron chi connectivity index (χ0n) is 34.9. The van der Waals surface area contributed by atoms with Crippen molar-refractivity contribution in [3.05, 3.63) is 0 Å². The molecule has 0 aromatic heterocycles. The van der Waals surface area contributed by atoms with Crippen LogP contribution in [0.5, 0.6) is 0 Å². The third-order valence-corrected chi connectivity index (χ3v) is 10.0. The Morgan fingerprint density at radius 1 is 0.300 bits per heavy atom. The van der Waals surface area contributed by atoms with Gasteiger partial charge in [0.05, 0.1) is 13.2 Å². The van der Waals surface area contributed by atoms with Crippen LogP contribution in [0.15, 0.2) is 0 Å². The highest BCUT2D eigenvalue weighted by atomic mass is 16.5. The van der Waals surface area contributed by atoms with E-state index in [1.165, 1.54) is 225 Å². The quantitative estimate of drug-likeness (QED) is 0.0470. The number of ether oxygens (including phenoxy) is 2. The molecule has 0 aliphatic heterocycles. The van der Waals surface area contributed by atoms with Crippen molar-refractivity contribution in [1.29, 1.82) is 0 Å². The standard InChI is InChI=1S/C28H56O2.C18H36O2/c1-3-5-7-9-11-13-15-17-19-21-23-25-27-30-28(29)26-24-22-20-18-16-14-12-10-8-6-4-2;1-3-4-5-6-7-8-9-10-11-12-13-14-15-16-17-20-18(2)19/h3-27H2,1-2H3;3-17H2,1-2H3. The Kier molecular flexibility index (Phi) is 48.9. The Morgan fingerprint density at radius 3 is 0.780 bits per heavy atom. The van der Waals surface area contributed by atoms with E-state index in [-0.39, 0.29) is 11.9 Å². The van der Waals surface area contributed by atoms with Gasteiger partial charge in [-0.2, -0.15) is 0 Å². The first kappa shape index (κ1) is 51.0. The first-order chi connectivity index (χ1) is 24.6. The smallest absolute Gasteiger partial charge is 0.305 e. The molecule has 4 nitrogen and oxygen atoms in total. The van der Waals surface area contributed by atoms with Crippen molar-refractivity contribution < 1.29 is 19.1 Å². The van der Waals surface area contributed by atoms with Gasteiger partial charge < -0.3 is 9.47 Å². The largest absolute Gasteiger partial charge is 0.466 e. The van der Waals surface area contributed by atoms with Crippen LogP contribution in [0, 0.1) is 0 Å². The van der Waals surface area contributed by atoms with Gasteiger partial charge in [-0.3, -0.25) is 9.59 Å². The number of hydrogen-bond acceptors (Lipinski definition) is 4. The lowest BCUT2D eigenvalue weighted by Gasteiger charge is -2.06. The summed E-state index contributed by atoms with van der Waals surface area (Å²) in [5.41, 5.74) is 0. The summed E-state index contributed by atoms with van der Waals surface area (Å²) in [6, 6.07) is 0. The van der Waals surface area contributed by atoms with Gasteiger partial charge in [-0.15, -0.1) is 0 Å². The van der Waals surface area contributed by atoms with Gasteiger partial charge in [0.25, 0.3) is 0 Å². The maximum atomic E-state index is 11.8. The minimum Gasteiger partial charge on any atom is -0.466 e. The Morgan fingerprint density at radius 2 is 0.520 bits per heavy atom. The molecule has 0 fully saturated rings. The first-order valence-electron chi connectivity index (χ1n) is 22.9. The van der Waals surface area contributed by atoms with Crippen LogP contribution in [0.4, 0.5) is 0 Å². The van der Waals surface area contributed by atoms with Crippen molar-refractivity contribution in [3.8, 4) is 0 Å². The van der Waals surface area contributed by atoms with Crippen molar-refractivity contribution in [2.24, 2.45) is 0 Å². The molecule has 0 bridgehead atoms. The molecular formula is C46H92O4. The van der Waals surface area contributed by atoms with Crippen LogP contribution in [0.3, 0.4) is 0 Å². The van der Waals surface area contributed by atoms with E-state index in [1.807, 2.05) is 0 Å². The summed E-state index contributed by atoms with van der Waals surface area (Å²) in [6.45, 7) is 9.54. The topological polar surface area (TPSA) is 52.6 Å². The average Bonchev–Trinajstić information content (AvgIpc) is 3.11. The zero-order chi connectivity index (χ0) is 36.9. The summed E-state index contributed by atoms with van der Waals surface area (Å²) in [6.07, 6.45) is 50.3. The van der Waals surface area contributed by atoms with Gasteiger partial charge in [0.2, 0.25) is 0 Å². The highest BCUT2D eigenvalue weighted by Crippen LogP contribution is 2.15. The van der Waals surface area contributed by atoms with Crippen molar-refractivity contribution in [1.82, 2.24) is 0 Å². The van der Waals surface area contributed by atoms with Crippen LogP contribution in [0.25, 0.3) is 0 Å². The maximum absolute atomic E-state index is 11.8. The Hall–Kier alpha value is -1.06. The van der Waals surface area contributed by atoms with E-state index in [4.69, 9.17) is 9.47 Å². The summed E-state index contributed by atoms with van der Waals surface area (Å²) < 4.78 is 10.3. The number of hydrogen-bond donors (Lipinski definition) is 0. The molecule has 0 aromatic carbocycles. The zero-order valence-corrected chi connectivity index (χ0v) is 34.9. The molecule has 0 radical (unpaired) electrons. The van der Waals surface area contributed by atoms with Crippen molar-refractivity contribution in [2.45, 2.75) is 272 Å². The van der Waals surface area contributed by atoms with Gasteiger partial charge in [-0.05, 0) is 19.3 Å². The number of esters is 2. The van der Waals surface area contributed by atoms with E-state index in [0.29, 0.717) is 19.6 Å². The lowest BCUT2D eigenvalue weighted by molar-refractivity contribution is -0.144. The Bertz CT molecular complexity index is 634. The summed E-state index contributed by atoms with van der Waals surface area (Å²) in [4.78, 5) is 22.3. The van der Waals surface area contributed by atoms with Gasteiger partial charge in [0, 0.05) is 13.3 Å². The fourth-order valence-electron chi connectivity index (χ4n) is 6.65. The van der Waals surface area contributed by atoms with Crippen LogP contribution in [-0.2, 0) is 19.1 Å². The first-order valence-corrected chi connectivity index (χ1v) is 22.9. The molecule has 0 atom stereocenters. The molecule has 0 aromatic rings. The fourth-order valence-corrected chi connectivity index (χ4v) is 6.65. The number of carbonyl (C=O) groups is 2. The molecule has 0 amide bonds. The van der Waals surface area contributed by atoms with Gasteiger partial charge in [0.1, 0.15) is 0 Å². The minimum atomic E-state index is -0.153. The fraction of sp³-hybridized carbons (Fsp3) is 0.957. The second-order valence-corrected chi connectivity index (χ2v) is 15.3. The van der Waals surface area contributed by atoms with E-state index in [2.05, 4.69) is 20.8 Å². The molecule has 0 rings (SSSR count). The molecule has 0 aliphatic carbocycles. The summed E-state index contributed by atoms with van der Waals surface area (Å²) >= 11 is 0.